The third-order valence-electron chi connectivity index (χ3n) is 5.63. The summed E-state index contributed by atoms with van der Waals surface area (Å²) in [4.78, 5) is 18.8. The molecule has 3 rings (SSSR count). The van der Waals surface area contributed by atoms with Gasteiger partial charge >= 0.3 is 5.97 Å². The third-order valence-corrected chi connectivity index (χ3v) is 5.63. The first-order valence-corrected chi connectivity index (χ1v) is 9.01. The van der Waals surface area contributed by atoms with Crippen LogP contribution in [-0.4, -0.2) is 37.8 Å². The van der Waals surface area contributed by atoms with E-state index in [9.17, 15) is 15.0 Å². The molecule has 0 amide bonds. The van der Waals surface area contributed by atoms with Crippen LogP contribution in [0.25, 0.3) is 11.0 Å². The number of aliphatic hydroxyl groups is 1. The number of aromatic nitrogens is 2. The first kappa shape index (κ1) is 17.7. The van der Waals surface area contributed by atoms with Crippen molar-refractivity contribution in [3.8, 4) is 0 Å². The molecule has 2 unspecified atom stereocenters. The Morgan fingerprint density at radius 3 is 2.96 bits per heavy atom. The lowest BCUT2D eigenvalue weighted by atomic mass is 9.70. The molecular weight excluding hydrogens is 318 g/mol. The summed E-state index contributed by atoms with van der Waals surface area (Å²) >= 11 is 0. The van der Waals surface area contributed by atoms with E-state index < -0.39 is 11.6 Å². The molecule has 0 aliphatic heterocycles. The van der Waals surface area contributed by atoms with E-state index in [1.54, 1.807) is 6.20 Å². The van der Waals surface area contributed by atoms with Gasteiger partial charge in [0.15, 0.2) is 0 Å². The van der Waals surface area contributed by atoms with Crippen LogP contribution in [0.2, 0.25) is 0 Å². The molecule has 0 aromatic carbocycles. The van der Waals surface area contributed by atoms with Crippen LogP contribution in [-0.2, 0) is 0 Å². The van der Waals surface area contributed by atoms with Crippen LogP contribution >= 0.6 is 0 Å². The van der Waals surface area contributed by atoms with Gasteiger partial charge in [0.25, 0.3) is 0 Å². The summed E-state index contributed by atoms with van der Waals surface area (Å²) in [6.45, 7) is 6.28. The highest BCUT2D eigenvalue weighted by Gasteiger charge is 2.38. The van der Waals surface area contributed by atoms with E-state index in [0.29, 0.717) is 17.3 Å². The van der Waals surface area contributed by atoms with Gasteiger partial charge in [-0.05, 0) is 50.5 Å². The van der Waals surface area contributed by atoms with Crippen molar-refractivity contribution in [3.63, 3.8) is 0 Å². The number of anilines is 1. The average Bonchev–Trinajstić information content (AvgIpc) is 3.03. The van der Waals surface area contributed by atoms with Gasteiger partial charge in [0.2, 0.25) is 0 Å². The maximum Gasteiger partial charge on any atom is 0.339 e. The molecule has 2 heterocycles. The minimum Gasteiger partial charge on any atom is -0.478 e. The second-order valence-corrected chi connectivity index (χ2v) is 7.61. The molecule has 25 heavy (non-hydrogen) atoms. The topological polar surface area (TPSA) is 98.2 Å². The van der Waals surface area contributed by atoms with Gasteiger partial charge in [-0.15, -0.1) is 0 Å². The number of fused-ring (bicyclic) bond motifs is 1. The molecule has 136 valence electrons. The summed E-state index contributed by atoms with van der Waals surface area (Å²) in [6.07, 6.45) is 6.51. The highest BCUT2D eigenvalue weighted by molar-refractivity contribution is 6.03. The SMILES string of the molecule is CC[C@]1(O)CC(C)C[C@H](C(C)Nc2c(C(=O)O)cnc3[nH]ccc23)C1. The van der Waals surface area contributed by atoms with Crippen molar-refractivity contribution in [2.24, 2.45) is 11.8 Å². The highest BCUT2D eigenvalue weighted by Crippen LogP contribution is 2.40. The Bertz CT molecular complexity index is 772. The standard InChI is InChI=1S/C19H27N3O3/c1-4-19(25)8-11(2)7-13(9-19)12(3)22-16-14-5-6-20-17(14)21-10-15(16)18(23)24/h5-6,10-13,25H,4,7-9H2,1-3H3,(H,23,24)(H2,20,21,22)/t11?,12?,13-,19-/m0/s1. The molecule has 0 radical (unpaired) electrons. The summed E-state index contributed by atoms with van der Waals surface area (Å²) in [5, 5.41) is 24.5. The van der Waals surface area contributed by atoms with E-state index in [1.807, 2.05) is 13.0 Å². The number of carboxylic acid groups (broad SMARTS) is 1. The van der Waals surface area contributed by atoms with Gasteiger partial charge < -0.3 is 20.5 Å². The number of carboxylic acids is 1. The van der Waals surface area contributed by atoms with Gasteiger partial charge in [0.1, 0.15) is 11.2 Å². The Balaban J connectivity index is 1.89. The van der Waals surface area contributed by atoms with Gasteiger partial charge in [0, 0.05) is 23.8 Å². The number of hydrogen-bond donors (Lipinski definition) is 4. The molecule has 1 saturated carbocycles. The van der Waals surface area contributed by atoms with Crippen molar-refractivity contribution in [3.05, 3.63) is 24.0 Å². The molecule has 1 aliphatic rings. The molecule has 2 aromatic heterocycles. The van der Waals surface area contributed by atoms with E-state index in [2.05, 4.69) is 29.1 Å². The molecular formula is C19H27N3O3. The lowest BCUT2D eigenvalue weighted by Crippen LogP contribution is -2.43. The number of hydrogen-bond acceptors (Lipinski definition) is 4. The number of aromatic amines is 1. The third kappa shape index (κ3) is 3.49. The summed E-state index contributed by atoms with van der Waals surface area (Å²) in [6, 6.07) is 1.90. The van der Waals surface area contributed by atoms with Crippen LogP contribution in [0.15, 0.2) is 18.5 Å². The minimum absolute atomic E-state index is 0.0550. The van der Waals surface area contributed by atoms with Crippen LogP contribution < -0.4 is 5.32 Å². The fourth-order valence-electron chi connectivity index (χ4n) is 4.24. The summed E-state index contributed by atoms with van der Waals surface area (Å²) in [5.41, 5.74) is 0.829. The minimum atomic E-state index is -0.993. The normalized spacial score (nSPS) is 28.0. The van der Waals surface area contributed by atoms with Crippen LogP contribution in [0.1, 0.15) is 56.8 Å². The molecule has 6 nitrogen and oxygen atoms in total. The molecule has 0 spiro atoms. The number of rotatable bonds is 5. The van der Waals surface area contributed by atoms with E-state index in [4.69, 9.17) is 0 Å². The van der Waals surface area contributed by atoms with Crippen molar-refractivity contribution >= 4 is 22.7 Å². The Kier molecular flexibility index (Phi) is 4.73. The van der Waals surface area contributed by atoms with E-state index in [0.717, 1.165) is 31.1 Å². The number of H-pyrrole nitrogens is 1. The molecule has 6 heteroatoms. The quantitative estimate of drug-likeness (QED) is 0.663. The molecule has 4 N–H and O–H groups in total. The van der Waals surface area contributed by atoms with Gasteiger partial charge in [-0.25, -0.2) is 9.78 Å². The van der Waals surface area contributed by atoms with Crippen molar-refractivity contribution in [2.75, 3.05) is 5.32 Å². The van der Waals surface area contributed by atoms with Crippen LogP contribution in [0.4, 0.5) is 5.69 Å². The zero-order chi connectivity index (χ0) is 18.2. The Morgan fingerprint density at radius 2 is 2.28 bits per heavy atom. The predicted octanol–water partition coefficient (Wildman–Crippen LogP) is 3.64. The van der Waals surface area contributed by atoms with E-state index >= 15 is 0 Å². The fraction of sp³-hybridized carbons (Fsp3) is 0.579. The van der Waals surface area contributed by atoms with E-state index in [1.165, 1.54) is 6.20 Å². The van der Waals surface area contributed by atoms with Crippen molar-refractivity contribution in [2.45, 2.75) is 58.1 Å². The molecule has 0 saturated heterocycles. The van der Waals surface area contributed by atoms with Gasteiger partial charge in [-0.1, -0.05) is 13.8 Å². The molecule has 4 atom stereocenters. The van der Waals surface area contributed by atoms with Crippen LogP contribution in [0, 0.1) is 11.8 Å². The summed E-state index contributed by atoms with van der Waals surface area (Å²) in [5.74, 6) is -0.249. The van der Waals surface area contributed by atoms with Gasteiger partial charge in [0.05, 0.1) is 11.3 Å². The first-order chi connectivity index (χ1) is 11.8. The second kappa shape index (κ2) is 6.67. The van der Waals surface area contributed by atoms with Crippen LogP contribution in [0.3, 0.4) is 0 Å². The first-order valence-electron chi connectivity index (χ1n) is 9.01. The van der Waals surface area contributed by atoms with Gasteiger partial charge in [-0.3, -0.25) is 0 Å². The predicted molar refractivity (Wildman–Crippen MR) is 97.9 cm³/mol. The zero-order valence-corrected chi connectivity index (χ0v) is 15.0. The highest BCUT2D eigenvalue weighted by atomic mass is 16.4. The largest absolute Gasteiger partial charge is 0.478 e. The molecule has 1 fully saturated rings. The molecule has 0 bridgehead atoms. The number of aromatic carboxylic acids is 1. The maximum atomic E-state index is 11.6. The van der Waals surface area contributed by atoms with Gasteiger partial charge in [-0.2, -0.15) is 0 Å². The summed E-state index contributed by atoms with van der Waals surface area (Å²) < 4.78 is 0. The monoisotopic (exact) mass is 345 g/mol. The van der Waals surface area contributed by atoms with Crippen molar-refractivity contribution in [1.82, 2.24) is 9.97 Å². The number of nitrogens with one attached hydrogen (secondary N) is 2. The Morgan fingerprint density at radius 1 is 1.52 bits per heavy atom. The number of nitrogens with zero attached hydrogens (tertiary/aromatic N) is 1. The fourth-order valence-corrected chi connectivity index (χ4v) is 4.24. The van der Waals surface area contributed by atoms with Crippen molar-refractivity contribution < 1.29 is 15.0 Å². The Hall–Kier alpha value is -2.08. The molecule has 2 aromatic rings. The van der Waals surface area contributed by atoms with Crippen molar-refractivity contribution in [1.29, 1.82) is 0 Å². The summed E-state index contributed by atoms with van der Waals surface area (Å²) in [7, 11) is 0. The molecule has 1 aliphatic carbocycles. The maximum absolute atomic E-state index is 11.6. The van der Waals surface area contributed by atoms with Crippen LogP contribution in [0.5, 0.6) is 0 Å². The number of carbonyl (C=O) groups is 1. The zero-order valence-electron chi connectivity index (χ0n) is 15.0. The Labute approximate surface area is 147 Å². The number of pyridine rings is 1. The second-order valence-electron chi connectivity index (χ2n) is 7.61. The smallest absolute Gasteiger partial charge is 0.339 e. The lowest BCUT2D eigenvalue weighted by molar-refractivity contribution is -0.0394. The lowest BCUT2D eigenvalue weighted by Gasteiger charge is -2.42. The van der Waals surface area contributed by atoms with E-state index in [-0.39, 0.29) is 17.5 Å². The average molecular weight is 345 g/mol.